The second-order valence-corrected chi connectivity index (χ2v) is 7.74. The van der Waals surface area contributed by atoms with Crippen LogP contribution in [0, 0.1) is 5.92 Å². The first-order valence-electron chi connectivity index (χ1n) is 11.2. The molecule has 1 aromatic carbocycles. The number of nitrogens with zero attached hydrogens (tertiary/aromatic N) is 2. The maximum atomic E-state index is 5.67. The van der Waals surface area contributed by atoms with Gasteiger partial charge in [-0.15, -0.1) is 24.0 Å². The third kappa shape index (κ3) is 9.73. The predicted octanol–water partition coefficient (Wildman–Crippen LogP) is 3.93. The lowest BCUT2D eigenvalue weighted by Gasteiger charge is -2.29. The number of nitrogens with one attached hydrogen (secondary N) is 2. The molecule has 0 spiro atoms. The van der Waals surface area contributed by atoms with Crippen LogP contribution >= 0.6 is 24.0 Å². The Morgan fingerprint density at radius 1 is 1.17 bits per heavy atom. The van der Waals surface area contributed by atoms with Crippen LogP contribution in [-0.4, -0.2) is 64.3 Å². The van der Waals surface area contributed by atoms with E-state index in [0.717, 1.165) is 55.9 Å². The van der Waals surface area contributed by atoms with Gasteiger partial charge in [-0.2, -0.15) is 0 Å². The van der Waals surface area contributed by atoms with Gasteiger partial charge in [-0.3, -0.25) is 4.99 Å². The Kier molecular flexibility index (Phi) is 13.9. The largest absolute Gasteiger partial charge is 0.493 e. The Balaban J connectivity index is 0.00000450. The topological polar surface area (TPSA) is 58.1 Å². The second-order valence-electron chi connectivity index (χ2n) is 7.74. The molecular weight excluding hydrogens is 491 g/mol. The van der Waals surface area contributed by atoms with E-state index in [1.165, 1.54) is 37.9 Å². The molecule has 172 valence electrons. The van der Waals surface area contributed by atoms with E-state index < -0.39 is 0 Å². The molecular formula is C23H41IN4O2. The highest BCUT2D eigenvalue weighted by atomic mass is 127. The number of hydrogen-bond acceptors (Lipinski definition) is 4. The number of halogens is 1. The summed E-state index contributed by atoms with van der Waals surface area (Å²) in [6.45, 7) is 9.89. The van der Waals surface area contributed by atoms with Gasteiger partial charge in [0.05, 0.1) is 13.7 Å². The van der Waals surface area contributed by atoms with Crippen molar-refractivity contribution >= 4 is 29.9 Å². The van der Waals surface area contributed by atoms with Gasteiger partial charge in [-0.1, -0.05) is 6.07 Å². The van der Waals surface area contributed by atoms with Gasteiger partial charge in [0.2, 0.25) is 0 Å². The summed E-state index contributed by atoms with van der Waals surface area (Å²) in [7, 11) is 3.89. The van der Waals surface area contributed by atoms with Crippen LogP contribution in [0.3, 0.4) is 0 Å². The van der Waals surface area contributed by atoms with Gasteiger partial charge >= 0.3 is 0 Å². The van der Waals surface area contributed by atoms with Crippen LogP contribution in [-0.2, 0) is 6.42 Å². The van der Waals surface area contributed by atoms with Crippen molar-refractivity contribution in [2.45, 2.75) is 46.0 Å². The van der Waals surface area contributed by atoms with Crippen LogP contribution in [0.4, 0.5) is 0 Å². The normalized spacial score (nSPS) is 15.4. The molecule has 7 heteroatoms. The standard InChI is InChI=1S/C23H40N4O2.HI/c1-5-24-23(26-15-11-19-12-16-27(3)17-13-19)25-14-7-8-20-9-10-21(28-4)22(18-20)29-6-2;/h9-10,18-19H,5-8,11-17H2,1-4H3,(H2,24,25,26);1H. The molecule has 1 aliphatic heterocycles. The SMILES string of the molecule is CCNC(=NCCCc1ccc(OC)c(OCC)c1)NCCC1CCN(C)CC1.I. The van der Waals surface area contributed by atoms with Gasteiger partial charge in [0.1, 0.15) is 0 Å². The highest BCUT2D eigenvalue weighted by Crippen LogP contribution is 2.28. The second kappa shape index (κ2) is 15.6. The molecule has 0 unspecified atom stereocenters. The Labute approximate surface area is 200 Å². The van der Waals surface area contributed by atoms with E-state index in [0.29, 0.717) is 6.61 Å². The lowest BCUT2D eigenvalue weighted by molar-refractivity contribution is 0.213. The van der Waals surface area contributed by atoms with Crippen LogP contribution in [0.2, 0.25) is 0 Å². The number of rotatable bonds is 11. The Hall–Kier alpha value is -1.22. The van der Waals surface area contributed by atoms with E-state index in [4.69, 9.17) is 14.5 Å². The molecule has 0 saturated carbocycles. The molecule has 1 saturated heterocycles. The van der Waals surface area contributed by atoms with Gasteiger partial charge in [0.25, 0.3) is 0 Å². The molecule has 6 nitrogen and oxygen atoms in total. The van der Waals surface area contributed by atoms with Crippen molar-refractivity contribution in [3.63, 3.8) is 0 Å². The molecule has 2 rings (SSSR count). The number of likely N-dealkylation sites (tertiary alicyclic amines) is 1. The van der Waals surface area contributed by atoms with Crippen molar-refractivity contribution in [2.24, 2.45) is 10.9 Å². The van der Waals surface area contributed by atoms with Crippen molar-refractivity contribution in [3.8, 4) is 11.5 Å². The molecule has 1 heterocycles. The minimum absolute atomic E-state index is 0. The summed E-state index contributed by atoms with van der Waals surface area (Å²) in [4.78, 5) is 7.17. The molecule has 0 aliphatic carbocycles. The Morgan fingerprint density at radius 3 is 2.60 bits per heavy atom. The number of piperidine rings is 1. The highest BCUT2D eigenvalue weighted by Gasteiger charge is 2.16. The number of benzene rings is 1. The molecule has 0 bridgehead atoms. The van der Waals surface area contributed by atoms with Gasteiger partial charge in [0.15, 0.2) is 17.5 Å². The maximum absolute atomic E-state index is 5.67. The fourth-order valence-corrected chi connectivity index (χ4v) is 3.71. The Morgan fingerprint density at radius 2 is 1.93 bits per heavy atom. The van der Waals surface area contributed by atoms with Gasteiger partial charge < -0.3 is 25.0 Å². The molecule has 30 heavy (non-hydrogen) atoms. The summed E-state index contributed by atoms with van der Waals surface area (Å²) in [5.41, 5.74) is 1.25. The number of hydrogen-bond donors (Lipinski definition) is 2. The summed E-state index contributed by atoms with van der Waals surface area (Å²) >= 11 is 0. The lowest BCUT2D eigenvalue weighted by atomic mass is 9.94. The average molecular weight is 533 g/mol. The van der Waals surface area contributed by atoms with Crippen LogP contribution in [0.15, 0.2) is 23.2 Å². The van der Waals surface area contributed by atoms with E-state index in [2.05, 4.69) is 41.6 Å². The number of methoxy groups -OCH3 is 1. The fraction of sp³-hybridized carbons (Fsp3) is 0.696. The molecule has 2 N–H and O–H groups in total. The summed E-state index contributed by atoms with van der Waals surface area (Å²) < 4.78 is 11.0. The van der Waals surface area contributed by atoms with Crippen molar-refractivity contribution in [3.05, 3.63) is 23.8 Å². The van der Waals surface area contributed by atoms with Crippen LogP contribution in [0.25, 0.3) is 0 Å². The summed E-state index contributed by atoms with van der Waals surface area (Å²) in [5, 5.41) is 6.87. The monoisotopic (exact) mass is 532 g/mol. The minimum atomic E-state index is 0. The third-order valence-corrected chi connectivity index (χ3v) is 5.45. The summed E-state index contributed by atoms with van der Waals surface area (Å²) in [5.74, 6) is 3.39. The van der Waals surface area contributed by atoms with Crippen molar-refractivity contribution in [1.29, 1.82) is 0 Å². The maximum Gasteiger partial charge on any atom is 0.191 e. The van der Waals surface area contributed by atoms with Crippen LogP contribution in [0.5, 0.6) is 11.5 Å². The van der Waals surface area contributed by atoms with E-state index in [-0.39, 0.29) is 24.0 Å². The van der Waals surface area contributed by atoms with Gasteiger partial charge in [0, 0.05) is 19.6 Å². The molecule has 1 fully saturated rings. The van der Waals surface area contributed by atoms with Crippen molar-refractivity contribution in [1.82, 2.24) is 15.5 Å². The van der Waals surface area contributed by atoms with E-state index in [1.807, 2.05) is 13.0 Å². The molecule has 0 aromatic heterocycles. The smallest absolute Gasteiger partial charge is 0.191 e. The zero-order chi connectivity index (χ0) is 20.9. The zero-order valence-electron chi connectivity index (χ0n) is 19.2. The molecule has 0 atom stereocenters. The predicted molar refractivity (Wildman–Crippen MR) is 137 cm³/mol. The van der Waals surface area contributed by atoms with Crippen molar-refractivity contribution in [2.75, 3.05) is 53.5 Å². The van der Waals surface area contributed by atoms with Crippen LogP contribution < -0.4 is 20.1 Å². The van der Waals surface area contributed by atoms with Gasteiger partial charge in [-0.05, 0) is 89.7 Å². The fourth-order valence-electron chi connectivity index (χ4n) is 3.71. The van der Waals surface area contributed by atoms with E-state index in [9.17, 15) is 0 Å². The first-order chi connectivity index (χ1) is 14.2. The number of guanidine groups is 1. The number of aryl methyl sites for hydroxylation is 1. The van der Waals surface area contributed by atoms with Gasteiger partial charge in [-0.25, -0.2) is 0 Å². The molecule has 1 aromatic rings. The first kappa shape index (κ1) is 26.8. The quantitative estimate of drug-likeness (QED) is 0.196. The lowest BCUT2D eigenvalue weighted by Crippen LogP contribution is -2.39. The minimum Gasteiger partial charge on any atom is -0.493 e. The molecule has 0 radical (unpaired) electrons. The van der Waals surface area contributed by atoms with E-state index in [1.54, 1.807) is 7.11 Å². The molecule has 1 aliphatic rings. The average Bonchev–Trinajstić information content (AvgIpc) is 2.73. The number of aliphatic imine (C=N–C) groups is 1. The van der Waals surface area contributed by atoms with E-state index >= 15 is 0 Å². The molecule has 0 amide bonds. The highest BCUT2D eigenvalue weighted by molar-refractivity contribution is 14.0. The third-order valence-electron chi connectivity index (χ3n) is 5.45. The first-order valence-corrected chi connectivity index (χ1v) is 11.2. The summed E-state index contributed by atoms with van der Waals surface area (Å²) in [6, 6.07) is 6.17. The van der Waals surface area contributed by atoms with Crippen molar-refractivity contribution < 1.29 is 9.47 Å². The Bertz CT molecular complexity index is 619. The number of ether oxygens (including phenoxy) is 2. The summed E-state index contributed by atoms with van der Waals surface area (Å²) in [6.07, 6.45) is 5.84. The van der Waals surface area contributed by atoms with Crippen LogP contribution in [0.1, 0.15) is 45.1 Å². The zero-order valence-corrected chi connectivity index (χ0v) is 21.5.